The van der Waals surface area contributed by atoms with Crippen molar-refractivity contribution in [2.75, 3.05) is 0 Å². The van der Waals surface area contributed by atoms with E-state index < -0.39 is 10.4 Å². The van der Waals surface area contributed by atoms with Gasteiger partial charge in [0.1, 0.15) is 0 Å². The van der Waals surface area contributed by atoms with Crippen LogP contribution in [0, 0.1) is 0 Å². The molecule has 4 N–H and O–H groups in total. The van der Waals surface area contributed by atoms with Gasteiger partial charge in [-0.15, -0.1) is 0 Å². The minimum absolute atomic E-state index is 0. The molecule has 0 amide bonds. The normalized spacial score (nSPS) is 8.75. The molecule has 0 radical (unpaired) electrons. The summed E-state index contributed by atoms with van der Waals surface area (Å²) in [7, 11) is -4.61. The predicted molar refractivity (Wildman–Crippen MR) is 20.0 cm³/mol. The molecule has 0 aromatic heterocycles. The monoisotopic (exact) mass is 172 g/mol. The molecule has 0 aliphatic carbocycles. The number of rotatable bonds is 1. The van der Waals surface area contributed by atoms with Crippen LogP contribution >= 0.6 is 0 Å². The standard InChI is InChI=1S/K.H2O5S.H2O.H/c;1-5-6(2,3)4;;/h;1H,(H,2,3,4);1H2;/q+1;;;-1. The van der Waals surface area contributed by atoms with Gasteiger partial charge >= 0.3 is 61.8 Å². The van der Waals surface area contributed by atoms with Crippen LogP contribution < -0.4 is 51.4 Å². The second kappa shape index (κ2) is 6.55. The molecule has 0 aliphatic rings. The maximum atomic E-state index is 9.08. The van der Waals surface area contributed by atoms with E-state index in [1.807, 2.05) is 0 Å². The average molecular weight is 172 g/mol. The Morgan fingerprint density at radius 3 is 1.62 bits per heavy atom. The molecule has 0 atom stereocenters. The zero-order valence-electron chi connectivity index (χ0n) is 5.03. The molecular formula is H5KO6S. The minimum atomic E-state index is -4.61. The Labute approximate surface area is 89.9 Å². The molecule has 8 heteroatoms. The van der Waals surface area contributed by atoms with Gasteiger partial charge in [0.25, 0.3) is 0 Å². The van der Waals surface area contributed by atoms with E-state index in [0.29, 0.717) is 0 Å². The van der Waals surface area contributed by atoms with Crippen molar-refractivity contribution < 1.29 is 80.8 Å². The Morgan fingerprint density at radius 2 is 1.62 bits per heavy atom. The Bertz CT molecular complexity index is 115. The summed E-state index contributed by atoms with van der Waals surface area (Å²) in [6.07, 6.45) is 0. The number of hydrogen-bond acceptors (Lipinski definition) is 4. The van der Waals surface area contributed by atoms with E-state index in [4.69, 9.17) is 18.2 Å². The Morgan fingerprint density at radius 1 is 1.50 bits per heavy atom. The predicted octanol–water partition coefficient (Wildman–Crippen LogP) is -4.43. The molecule has 48 valence electrons. The van der Waals surface area contributed by atoms with Gasteiger partial charge in [0.05, 0.1) is 0 Å². The van der Waals surface area contributed by atoms with Crippen molar-refractivity contribution in [1.29, 1.82) is 0 Å². The van der Waals surface area contributed by atoms with Gasteiger partial charge < -0.3 is 6.90 Å². The van der Waals surface area contributed by atoms with Crippen LogP contribution in [0.2, 0.25) is 0 Å². The first-order valence-electron chi connectivity index (χ1n) is 0.865. The molecule has 0 aromatic rings. The summed E-state index contributed by atoms with van der Waals surface area (Å²) >= 11 is 0. The topological polar surface area (TPSA) is 115 Å². The zero-order valence-corrected chi connectivity index (χ0v) is 7.97. The summed E-state index contributed by atoms with van der Waals surface area (Å²) < 4.78 is 28.0. The third-order valence-corrected chi connectivity index (χ3v) is 0.283. The first kappa shape index (κ1) is 16.2. The first-order chi connectivity index (χ1) is 2.56. The van der Waals surface area contributed by atoms with Crippen molar-refractivity contribution >= 4 is 10.4 Å². The largest absolute Gasteiger partial charge is 1.00 e. The van der Waals surface area contributed by atoms with Crippen LogP contribution in [-0.4, -0.2) is 23.7 Å². The van der Waals surface area contributed by atoms with Crippen LogP contribution in [0.5, 0.6) is 0 Å². The Kier molecular flexibility index (Phi) is 13.3. The number of hydrogen-bond donors (Lipinski definition) is 2. The average Bonchev–Trinajstić information content (AvgIpc) is 1.35. The molecule has 0 unspecified atom stereocenters. The van der Waals surface area contributed by atoms with Crippen molar-refractivity contribution in [2.24, 2.45) is 0 Å². The van der Waals surface area contributed by atoms with Gasteiger partial charge in [-0.25, -0.2) is 5.26 Å². The van der Waals surface area contributed by atoms with Crippen LogP contribution in [0.3, 0.4) is 0 Å². The summed E-state index contributed by atoms with van der Waals surface area (Å²) in [5.41, 5.74) is 0. The van der Waals surface area contributed by atoms with E-state index in [0.717, 1.165) is 0 Å². The van der Waals surface area contributed by atoms with Gasteiger partial charge in [0, 0.05) is 0 Å². The van der Waals surface area contributed by atoms with E-state index in [9.17, 15) is 0 Å². The van der Waals surface area contributed by atoms with E-state index in [-0.39, 0.29) is 58.3 Å². The van der Waals surface area contributed by atoms with Gasteiger partial charge in [-0.3, -0.25) is 4.55 Å². The van der Waals surface area contributed by atoms with Gasteiger partial charge in [-0.05, 0) is 0 Å². The molecular weight excluding hydrogens is 167 g/mol. The van der Waals surface area contributed by atoms with E-state index in [2.05, 4.69) is 4.33 Å². The molecule has 0 aromatic carbocycles. The maximum Gasteiger partial charge on any atom is 1.00 e. The third-order valence-electron chi connectivity index (χ3n) is 0.0942. The summed E-state index contributed by atoms with van der Waals surface area (Å²) in [5, 5.41) is 7.06. The second-order valence-corrected chi connectivity index (χ2v) is 1.51. The molecule has 0 aliphatic heterocycles. The molecule has 6 nitrogen and oxygen atoms in total. The van der Waals surface area contributed by atoms with E-state index in [1.165, 1.54) is 0 Å². The van der Waals surface area contributed by atoms with Crippen LogP contribution in [0.1, 0.15) is 1.43 Å². The summed E-state index contributed by atoms with van der Waals surface area (Å²) in [6.45, 7) is 0. The van der Waals surface area contributed by atoms with Crippen LogP contribution in [-0.2, 0) is 14.7 Å². The fourth-order valence-corrected chi connectivity index (χ4v) is 0. The molecule has 0 bridgehead atoms. The Hall–Kier alpha value is 1.43. The van der Waals surface area contributed by atoms with Crippen molar-refractivity contribution in [2.45, 2.75) is 0 Å². The van der Waals surface area contributed by atoms with Crippen molar-refractivity contribution in [3.8, 4) is 0 Å². The minimum Gasteiger partial charge on any atom is -1.00 e. The van der Waals surface area contributed by atoms with Gasteiger partial charge in [-0.2, -0.15) is 8.42 Å². The molecule has 0 saturated heterocycles. The molecule has 0 heterocycles. The molecule has 0 rings (SSSR count). The zero-order chi connectivity index (χ0) is 5.21. The fourth-order valence-electron chi connectivity index (χ4n) is 0. The summed E-state index contributed by atoms with van der Waals surface area (Å²) in [5.74, 6) is 0. The fraction of sp³-hybridized carbons (Fsp3) is 0. The quantitative estimate of drug-likeness (QED) is 0.179. The van der Waals surface area contributed by atoms with Gasteiger partial charge in [0.2, 0.25) is 0 Å². The maximum absolute atomic E-state index is 9.08. The van der Waals surface area contributed by atoms with Crippen molar-refractivity contribution in [3.05, 3.63) is 0 Å². The SMILES string of the molecule is O.O=S(=O)(O)OO.[H-].[K+]. The molecule has 0 fully saturated rings. The van der Waals surface area contributed by atoms with Gasteiger partial charge in [-0.1, -0.05) is 4.33 Å². The molecule has 0 saturated carbocycles. The molecule has 8 heavy (non-hydrogen) atoms. The van der Waals surface area contributed by atoms with Crippen LogP contribution in [0.4, 0.5) is 0 Å². The van der Waals surface area contributed by atoms with Crippen molar-refractivity contribution in [3.63, 3.8) is 0 Å². The second-order valence-electron chi connectivity index (χ2n) is 0.502. The third kappa shape index (κ3) is 15.7. The van der Waals surface area contributed by atoms with Gasteiger partial charge in [0.15, 0.2) is 0 Å². The summed E-state index contributed by atoms with van der Waals surface area (Å²) in [6, 6.07) is 0. The Balaban J connectivity index is -0.0000000417. The molecule has 0 spiro atoms. The van der Waals surface area contributed by atoms with E-state index >= 15 is 0 Å². The van der Waals surface area contributed by atoms with Crippen LogP contribution in [0.25, 0.3) is 0 Å². The van der Waals surface area contributed by atoms with Crippen molar-refractivity contribution in [1.82, 2.24) is 0 Å². The smallest absolute Gasteiger partial charge is 1.00 e. The first-order valence-corrected chi connectivity index (χ1v) is 2.23. The van der Waals surface area contributed by atoms with Crippen LogP contribution in [0.15, 0.2) is 0 Å². The summed E-state index contributed by atoms with van der Waals surface area (Å²) in [4.78, 5) is 0. The van der Waals surface area contributed by atoms with E-state index in [1.54, 1.807) is 0 Å².